The van der Waals surface area contributed by atoms with E-state index in [4.69, 9.17) is 28.2 Å². The second kappa shape index (κ2) is 4.42. The summed E-state index contributed by atoms with van der Waals surface area (Å²) in [5.41, 5.74) is 8.88. The standard InChI is InChI=1S/C9H8ClF3N2O2/c10-5-2-3(9(11,12)13)1-4(6(5)14)7(15)8(16)17/h1-2,7H,14-15H2,(H,16,17)/t7-/m0/s1. The third-order valence-electron chi connectivity index (χ3n) is 2.09. The Labute approximate surface area is 99.0 Å². The van der Waals surface area contributed by atoms with Gasteiger partial charge in [0.2, 0.25) is 0 Å². The fourth-order valence-corrected chi connectivity index (χ4v) is 1.42. The lowest BCUT2D eigenvalue weighted by molar-refractivity contribution is -0.140. The van der Waals surface area contributed by atoms with Crippen LogP contribution >= 0.6 is 11.6 Å². The van der Waals surface area contributed by atoms with Gasteiger partial charge in [-0.15, -0.1) is 0 Å². The van der Waals surface area contributed by atoms with Crippen LogP contribution in [0.1, 0.15) is 17.2 Å². The Morgan fingerprint density at radius 1 is 1.41 bits per heavy atom. The van der Waals surface area contributed by atoms with Crippen LogP contribution in [0.3, 0.4) is 0 Å². The summed E-state index contributed by atoms with van der Waals surface area (Å²) in [6, 6.07) is -0.454. The first-order chi connectivity index (χ1) is 7.64. The van der Waals surface area contributed by atoms with Crippen molar-refractivity contribution in [1.82, 2.24) is 0 Å². The molecule has 0 aromatic heterocycles. The minimum absolute atomic E-state index is 0.269. The van der Waals surface area contributed by atoms with Gasteiger partial charge in [-0.1, -0.05) is 11.6 Å². The molecule has 0 aliphatic rings. The van der Waals surface area contributed by atoms with E-state index in [9.17, 15) is 18.0 Å². The fourth-order valence-electron chi connectivity index (χ4n) is 1.19. The molecule has 0 spiro atoms. The maximum atomic E-state index is 12.5. The molecular weight excluding hydrogens is 261 g/mol. The van der Waals surface area contributed by atoms with Crippen LogP contribution in [0.25, 0.3) is 0 Å². The zero-order chi connectivity index (χ0) is 13.4. The molecule has 1 aromatic carbocycles. The molecule has 4 nitrogen and oxygen atoms in total. The molecule has 94 valence electrons. The van der Waals surface area contributed by atoms with Gasteiger partial charge in [-0.3, -0.25) is 4.79 Å². The molecule has 0 unspecified atom stereocenters. The van der Waals surface area contributed by atoms with Crippen molar-refractivity contribution in [1.29, 1.82) is 0 Å². The second-order valence-electron chi connectivity index (χ2n) is 3.27. The first-order valence-electron chi connectivity index (χ1n) is 4.29. The molecule has 0 saturated carbocycles. The van der Waals surface area contributed by atoms with Crippen molar-refractivity contribution in [3.8, 4) is 0 Å². The molecular formula is C9H8ClF3N2O2. The summed E-state index contributed by atoms with van der Waals surface area (Å²) in [6.45, 7) is 0. The summed E-state index contributed by atoms with van der Waals surface area (Å²) in [6.07, 6.45) is -4.65. The van der Waals surface area contributed by atoms with Crippen molar-refractivity contribution in [2.45, 2.75) is 12.2 Å². The fraction of sp³-hybridized carbons (Fsp3) is 0.222. The van der Waals surface area contributed by atoms with E-state index in [1.165, 1.54) is 0 Å². The Bertz CT molecular complexity index is 462. The summed E-state index contributed by atoms with van der Waals surface area (Å²) < 4.78 is 37.4. The molecule has 1 atom stereocenters. The molecule has 5 N–H and O–H groups in total. The number of aliphatic carboxylic acids is 1. The monoisotopic (exact) mass is 268 g/mol. The molecule has 0 aliphatic heterocycles. The SMILES string of the molecule is Nc1c(Cl)cc(C(F)(F)F)cc1[C@H](N)C(=O)O. The van der Waals surface area contributed by atoms with E-state index in [0.29, 0.717) is 12.1 Å². The molecule has 8 heteroatoms. The lowest BCUT2D eigenvalue weighted by Gasteiger charge is -2.15. The molecule has 0 amide bonds. The van der Waals surface area contributed by atoms with Gasteiger partial charge in [-0.25, -0.2) is 0 Å². The van der Waals surface area contributed by atoms with E-state index in [1.807, 2.05) is 0 Å². The summed E-state index contributed by atoms with van der Waals surface area (Å²) in [5.74, 6) is -1.49. The number of nitrogen functional groups attached to an aromatic ring is 1. The van der Waals surface area contributed by atoms with Crippen LogP contribution in [0.15, 0.2) is 12.1 Å². The number of alkyl halides is 3. The zero-order valence-corrected chi connectivity index (χ0v) is 9.01. The van der Waals surface area contributed by atoms with Gasteiger partial charge in [-0.05, 0) is 12.1 Å². The topological polar surface area (TPSA) is 89.3 Å². The van der Waals surface area contributed by atoms with Crippen molar-refractivity contribution >= 4 is 23.3 Å². The molecule has 0 fully saturated rings. The molecule has 0 heterocycles. The number of carbonyl (C=O) groups is 1. The number of nitrogens with two attached hydrogens (primary N) is 2. The quantitative estimate of drug-likeness (QED) is 0.716. The highest BCUT2D eigenvalue weighted by Crippen LogP contribution is 2.36. The number of rotatable bonds is 2. The Kier molecular flexibility index (Phi) is 3.53. The van der Waals surface area contributed by atoms with E-state index < -0.39 is 23.8 Å². The lowest BCUT2D eigenvalue weighted by Crippen LogP contribution is -2.23. The Morgan fingerprint density at radius 3 is 2.35 bits per heavy atom. The Balaban J connectivity index is 3.40. The second-order valence-corrected chi connectivity index (χ2v) is 3.68. The van der Waals surface area contributed by atoms with Gasteiger partial charge in [0.15, 0.2) is 0 Å². The van der Waals surface area contributed by atoms with Crippen LogP contribution in [-0.4, -0.2) is 11.1 Å². The number of hydrogen-bond donors (Lipinski definition) is 3. The van der Waals surface area contributed by atoms with Crippen LogP contribution in [0.5, 0.6) is 0 Å². The van der Waals surface area contributed by atoms with Crippen molar-refractivity contribution in [3.05, 3.63) is 28.3 Å². The van der Waals surface area contributed by atoms with E-state index in [1.54, 1.807) is 0 Å². The molecule has 1 aromatic rings. The zero-order valence-electron chi connectivity index (χ0n) is 8.25. The third-order valence-corrected chi connectivity index (χ3v) is 2.40. The Morgan fingerprint density at radius 2 is 1.94 bits per heavy atom. The summed E-state index contributed by atoms with van der Waals surface area (Å²) in [5, 5.41) is 8.26. The number of benzene rings is 1. The van der Waals surface area contributed by atoms with Crippen molar-refractivity contribution in [2.24, 2.45) is 5.73 Å². The molecule has 1 rings (SSSR count). The van der Waals surface area contributed by atoms with Gasteiger partial charge >= 0.3 is 12.1 Å². The van der Waals surface area contributed by atoms with E-state index in [0.717, 1.165) is 0 Å². The molecule has 0 radical (unpaired) electrons. The number of halogens is 4. The summed E-state index contributed by atoms with van der Waals surface area (Å²) >= 11 is 5.50. The largest absolute Gasteiger partial charge is 0.480 e. The molecule has 0 aliphatic carbocycles. The van der Waals surface area contributed by atoms with Crippen molar-refractivity contribution < 1.29 is 23.1 Å². The van der Waals surface area contributed by atoms with Gasteiger partial charge in [0, 0.05) is 5.56 Å². The van der Waals surface area contributed by atoms with Gasteiger partial charge in [0.25, 0.3) is 0 Å². The number of hydrogen-bond acceptors (Lipinski definition) is 3. The van der Waals surface area contributed by atoms with Crippen LogP contribution < -0.4 is 11.5 Å². The first-order valence-corrected chi connectivity index (χ1v) is 4.67. The van der Waals surface area contributed by atoms with Crippen molar-refractivity contribution in [3.63, 3.8) is 0 Å². The number of carboxylic acid groups (broad SMARTS) is 1. The Hall–Kier alpha value is -1.47. The highest BCUT2D eigenvalue weighted by molar-refractivity contribution is 6.33. The average Bonchev–Trinajstić information content (AvgIpc) is 2.19. The predicted octanol–water partition coefficient (Wildman–Crippen LogP) is 2.03. The van der Waals surface area contributed by atoms with Gasteiger partial charge < -0.3 is 16.6 Å². The minimum atomic E-state index is -4.65. The predicted molar refractivity (Wildman–Crippen MR) is 55.4 cm³/mol. The number of carboxylic acids is 1. The minimum Gasteiger partial charge on any atom is -0.480 e. The van der Waals surface area contributed by atoms with Crippen LogP contribution in [0.4, 0.5) is 18.9 Å². The molecule has 17 heavy (non-hydrogen) atoms. The smallest absolute Gasteiger partial charge is 0.416 e. The van der Waals surface area contributed by atoms with E-state index in [2.05, 4.69) is 0 Å². The normalized spacial score (nSPS) is 13.5. The summed E-state index contributed by atoms with van der Waals surface area (Å²) in [4.78, 5) is 10.6. The van der Waals surface area contributed by atoms with Crippen LogP contribution in [-0.2, 0) is 11.0 Å². The maximum Gasteiger partial charge on any atom is 0.416 e. The summed E-state index contributed by atoms with van der Waals surface area (Å²) in [7, 11) is 0. The highest BCUT2D eigenvalue weighted by atomic mass is 35.5. The molecule has 0 saturated heterocycles. The van der Waals surface area contributed by atoms with Gasteiger partial charge in [-0.2, -0.15) is 13.2 Å². The number of anilines is 1. The maximum absolute atomic E-state index is 12.5. The van der Waals surface area contributed by atoms with Gasteiger partial charge in [0.05, 0.1) is 16.3 Å². The van der Waals surface area contributed by atoms with E-state index >= 15 is 0 Å². The van der Waals surface area contributed by atoms with Crippen molar-refractivity contribution in [2.75, 3.05) is 5.73 Å². The molecule has 0 bridgehead atoms. The first kappa shape index (κ1) is 13.6. The lowest BCUT2D eigenvalue weighted by atomic mass is 10.0. The van der Waals surface area contributed by atoms with Gasteiger partial charge in [0.1, 0.15) is 6.04 Å². The highest BCUT2D eigenvalue weighted by Gasteiger charge is 2.33. The van der Waals surface area contributed by atoms with E-state index in [-0.39, 0.29) is 16.3 Å². The van der Waals surface area contributed by atoms with Crippen LogP contribution in [0.2, 0.25) is 5.02 Å². The third kappa shape index (κ3) is 2.80. The van der Waals surface area contributed by atoms with Crippen LogP contribution in [0, 0.1) is 0 Å². The average molecular weight is 269 g/mol.